The van der Waals surface area contributed by atoms with Crippen LogP contribution in [0.15, 0.2) is 34.7 Å². The molecule has 0 bridgehead atoms. The van der Waals surface area contributed by atoms with E-state index >= 15 is 0 Å². The predicted molar refractivity (Wildman–Crippen MR) is 71.8 cm³/mol. The SMILES string of the molecule is O=[N+]([O-])c1ccc(F)cc1NCc1ccc(I)o1. The highest BCUT2D eigenvalue weighted by molar-refractivity contribution is 14.1. The van der Waals surface area contributed by atoms with Crippen LogP contribution >= 0.6 is 22.6 Å². The van der Waals surface area contributed by atoms with Crippen molar-refractivity contribution in [3.05, 3.63) is 55.8 Å². The van der Waals surface area contributed by atoms with Gasteiger partial charge in [-0.25, -0.2) is 4.39 Å². The minimum absolute atomic E-state index is 0.131. The van der Waals surface area contributed by atoms with E-state index in [1.807, 2.05) is 22.6 Å². The molecule has 0 radical (unpaired) electrons. The van der Waals surface area contributed by atoms with Gasteiger partial charge in [0.1, 0.15) is 17.3 Å². The number of nitrogens with zero attached hydrogens (tertiary/aromatic N) is 1. The number of hydrogen-bond acceptors (Lipinski definition) is 4. The Hall–Kier alpha value is -1.64. The summed E-state index contributed by atoms with van der Waals surface area (Å²) in [7, 11) is 0. The first kappa shape index (κ1) is 12.8. The van der Waals surface area contributed by atoms with Gasteiger partial charge in [-0.3, -0.25) is 10.1 Å². The Balaban J connectivity index is 2.17. The highest BCUT2D eigenvalue weighted by atomic mass is 127. The van der Waals surface area contributed by atoms with Crippen LogP contribution in [0.1, 0.15) is 5.76 Å². The Kier molecular flexibility index (Phi) is 3.80. The lowest BCUT2D eigenvalue weighted by atomic mass is 10.2. The van der Waals surface area contributed by atoms with Gasteiger partial charge in [0, 0.05) is 12.1 Å². The van der Waals surface area contributed by atoms with Gasteiger partial charge in [-0.2, -0.15) is 0 Å². The second-order valence-corrected chi connectivity index (χ2v) is 4.54. The van der Waals surface area contributed by atoms with Crippen LogP contribution in [0.5, 0.6) is 0 Å². The van der Waals surface area contributed by atoms with Crippen molar-refractivity contribution < 1.29 is 13.7 Å². The molecule has 0 saturated carbocycles. The number of nitrogens with one attached hydrogen (secondary N) is 1. The molecule has 2 rings (SSSR count). The van der Waals surface area contributed by atoms with Gasteiger partial charge in [-0.05, 0) is 40.8 Å². The highest BCUT2D eigenvalue weighted by Gasteiger charge is 2.14. The van der Waals surface area contributed by atoms with Gasteiger partial charge in [0.05, 0.1) is 11.5 Å². The third-order valence-corrected chi connectivity index (χ3v) is 2.82. The van der Waals surface area contributed by atoms with Crippen LogP contribution in [0.3, 0.4) is 0 Å². The summed E-state index contributed by atoms with van der Waals surface area (Å²) < 4.78 is 19.1. The van der Waals surface area contributed by atoms with Gasteiger partial charge in [0.15, 0.2) is 3.77 Å². The zero-order chi connectivity index (χ0) is 13.1. The van der Waals surface area contributed by atoms with Crippen molar-refractivity contribution in [2.75, 3.05) is 5.32 Å². The summed E-state index contributed by atoms with van der Waals surface area (Å²) in [5.41, 5.74) is -0.0379. The lowest BCUT2D eigenvalue weighted by Gasteiger charge is -2.05. The molecule has 1 aromatic carbocycles. The number of rotatable bonds is 4. The van der Waals surface area contributed by atoms with Gasteiger partial charge >= 0.3 is 0 Å². The summed E-state index contributed by atoms with van der Waals surface area (Å²) in [6, 6.07) is 6.80. The second kappa shape index (κ2) is 5.34. The monoisotopic (exact) mass is 362 g/mol. The van der Waals surface area contributed by atoms with Crippen molar-refractivity contribution in [3.63, 3.8) is 0 Å². The maximum Gasteiger partial charge on any atom is 0.292 e. The fraction of sp³-hybridized carbons (Fsp3) is 0.0909. The van der Waals surface area contributed by atoms with Crippen LogP contribution in [0, 0.1) is 19.7 Å². The third-order valence-electron chi connectivity index (χ3n) is 2.24. The molecule has 0 fully saturated rings. The van der Waals surface area contributed by atoms with Crippen LogP contribution in [0.2, 0.25) is 0 Å². The summed E-state index contributed by atoms with van der Waals surface area (Å²) in [5, 5.41) is 13.6. The Morgan fingerprint density at radius 2 is 2.17 bits per heavy atom. The second-order valence-electron chi connectivity index (χ2n) is 3.48. The van der Waals surface area contributed by atoms with Gasteiger partial charge in [0.2, 0.25) is 0 Å². The van der Waals surface area contributed by atoms with Crippen LogP contribution in [-0.2, 0) is 6.54 Å². The highest BCUT2D eigenvalue weighted by Crippen LogP contribution is 2.25. The number of nitro groups is 1. The van der Waals surface area contributed by atoms with E-state index in [0.29, 0.717) is 5.76 Å². The van der Waals surface area contributed by atoms with Crippen molar-refractivity contribution in [2.45, 2.75) is 6.54 Å². The third kappa shape index (κ3) is 2.97. The van der Waals surface area contributed by atoms with Crippen molar-refractivity contribution in [3.8, 4) is 0 Å². The number of halogens is 2. The van der Waals surface area contributed by atoms with Gasteiger partial charge in [0.25, 0.3) is 5.69 Å². The van der Waals surface area contributed by atoms with Gasteiger partial charge in [-0.1, -0.05) is 0 Å². The van der Waals surface area contributed by atoms with E-state index < -0.39 is 10.7 Å². The maximum atomic E-state index is 13.1. The van der Waals surface area contributed by atoms with Crippen molar-refractivity contribution in [2.24, 2.45) is 0 Å². The maximum absolute atomic E-state index is 13.1. The Morgan fingerprint density at radius 3 is 2.78 bits per heavy atom. The molecule has 0 aliphatic rings. The Bertz CT molecular complexity index is 585. The number of benzene rings is 1. The number of furan rings is 1. The molecule has 18 heavy (non-hydrogen) atoms. The summed E-state index contributed by atoms with van der Waals surface area (Å²) in [4.78, 5) is 10.2. The Labute approximate surface area is 115 Å². The van der Waals surface area contributed by atoms with Crippen molar-refractivity contribution >= 4 is 34.0 Å². The molecular formula is C11H8FIN2O3. The molecule has 7 heteroatoms. The zero-order valence-corrected chi connectivity index (χ0v) is 11.2. The van der Waals surface area contributed by atoms with E-state index in [1.54, 1.807) is 12.1 Å². The number of nitro benzene ring substituents is 1. The lowest BCUT2D eigenvalue weighted by Crippen LogP contribution is -2.02. The normalized spacial score (nSPS) is 10.3. The molecule has 2 aromatic rings. The van der Waals surface area contributed by atoms with E-state index in [4.69, 9.17) is 4.42 Å². The zero-order valence-electron chi connectivity index (χ0n) is 9.02. The van der Waals surface area contributed by atoms with E-state index in [1.165, 1.54) is 0 Å². The van der Waals surface area contributed by atoms with Crippen LogP contribution in [-0.4, -0.2) is 4.92 Å². The smallest absolute Gasteiger partial charge is 0.292 e. The predicted octanol–water partition coefficient (Wildman–Crippen LogP) is 3.54. The molecule has 0 unspecified atom stereocenters. The van der Waals surface area contributed by atoms with Crippen LogP contribution < -0.4 is 5.32 Å². The van der Waals surface area contributed by atoms with Crippen molar-refractivity contribution in [1.29, 1.82) is 0 Å². The minimum atomic E-state index is -0.562. The lowest BCUT2D eigenvalue weighted by molar-refractivity contribution is -0.384. The van der Waals surface area contributed by atoms with E-state index in [0.717, 1.165) is 22.0 Å². The average Bonchev–Trinajstić information content (AvgIpc) is 2.72. The van der Waals surface area contributed by atoms with E-state index in [9.17, 15) is 14.5 Å². The summed E-state index contributed by atoms with van der Waals surface area (Å²) in [5.74, 6) is 0.0927. The molecule has 0 spiro atoms. The molecule has 94 valence electrons. The molecule has 0 aliphatic heterocycles. The van der Waals surface area contributed by atoms with Gasteiger partial charge < -0.3 is 9.73 Å². The first-order valence-electron chi connectivity index (χ1n) is 4.98. The largest absolute Gasteiger partial charge is 0.454 e. The number of anilines is 1. The number of hydrogen-bond donors (Lipinski definition) is 1. The first-order chi connectivity index (χ1) is 8.56. The molecule has 1 aromatic heterocycles. The van der Waals surface area contributed by atoms with E-state index in [2.05, 4.69) is 5.32 Å². The molecule has 5 nitrogen and oxygen atoms in total. The summed E-state index contributed by atoms with van der Waals surface area (Å²) in [6.07, 6.45) is 0. The first-order valence-corrected chi connectivity index (χ1v) is 6.06. The fourth-order valence-corrected chi connectivity index (χ4v) is 1.90. The Morgan fingerprint density at radius 1 is 1.39 bits per heavy atom. The molecule has 1 heterocycles. The summed E-state index contributed by atoms with van der Waals surface area (Å²) in [6.45, 7) is 0.257. The molecule has 0 atom stereocenters. The van der Waals surface area contributed by atoms with Crippen LogP contribution in [0.25, 0.3) is 0 Å². The molecule has 0 aliphatic carbocycles. The van der Waals surface area contributed by atoms with Crippen LogP contribution in [0.4, 0.5) is 15.8 Å². The molecule has 1 N–H and O–H groups in total. The molecule has 0 saturated heterocycles. The van der Waals surface area contributed by atoms with E-state index in [-0.39, 0.29) is 17.9 Å². The molecule has 0 amide bonds. The molecular weight excluding hydrogens is 354 g/mol. The standard InChI is InChI=1S/C11H8FIN2O3/c12-7-1-3-10(15(16)17)9(5-7)14-6-8-2-4-11(13)18-8/h1-5,14H,6H2. The van der Waals surface area contributed by atoms with Gasteiger partial charge in [-0.15, -0.1) is 0 Å². The summed E-state index contributed by atoms with van der Waals surface area (Å²) >= 11 is 2.01. The topological polar surface area (TPSA) is 68.3 Å². The minimum Gasteiger partial charge on any atom is -0.454 e. The average molecular weight is 362 g/mol. The fourth-order valence-electron chi connectivity index (χ4n) is 1.44. The quantitative estimate of drug-likeness (QED) is 0.513. The van der Waals surface area contributed by atoms with Crippen molar-refractivity contribution in [1.82, 2.24) is 0 Å².